The predicted octanol–water partition coefficient (Wildman–Crippen LogP) is 8.07. The number of hydrogen-bond acceptors (Lipinski definition) is 2. The van der Waals surface area contributed by atoms with Crippen LogP contribution in [0.2, 0.25) is 0 Å². The summed E-state index contributed by atoms with van der Waals surface area (Å²) in [6.45, 7) is 9.23. The Kier molecular flexibility index (Phi) is 7.81. The molecule has 0 radical (unpaired) electrons. The largest absolute Gasteiger partial charge is 0.382 e. The van der Waals surface area contributed by atoms with E-state index in [1.165, 1.54) is 85.0 Å². The number of anilines is 2. The van der Waals surface area contributed by atoms with Gasteiger partial charge in [-0.3, -0.25) is 0 Å². The highest BCUT2D eigenvalue weighted by molar-refractivity contribution is 5.54. The van der Waals surface area contributed by atoms with Gasteiger partial charge in [0.1, 0.15) is 0 Å². The third kappa shape index (κ3) is 5.88. The highest BCUT2D eigenvalue weighted by Gasteiger charge is 2.22. The second-order valence-electron chi connectivity index (χ2n) is 10.8. The average Bonchev–Trinajstić information content (AvgIpc) is 3.50. The number of benzene rings is 2. The molecule has 0 spiro atoms. The number of aryl methyl sites for hydroxylation is 4. The molecule has 0 bridgehead atoms. The van der Waals surface area contributed by atoms with E-state index in [-0.39, 0.29) is 0 Å². The minimum atomic E-state index is 0.577. The monoisotopic (exact) mass is 432 g/mol. The van der Waals surface area contributed by atoms with Gasteiger partial charge in [0.05, 0.1) is 0 Å². The van der Waals surface area contributed by atoms with E-state index in [1.807, 2.05) is 0 Å². The number of rotatable bonds is 9. The van der Waals surface area contributed by atoms with Crippen LogP contribution in [-0.4, -0.2) is 12.1 Å². The Morgan fingerprint density at radius 2 is 1.03 bits per heavy atom. The van der Waals surface area contributed by atoms with Crippen molar-refractivity contribution in [1.29, 1.82) is 0 Å². The maximum atomic E-state index is 3.80. The molecule has 0 aliphatic heterocycles. The van der Waals surface area contributed by atoms with Crippen LogP contribution in [0.25, 0.3) is 0 Å². The van der Waals surface area contributed by atoms with Crippen LogP contribution >= 0.6 is 0 Å². The van der Waals surface area contributed by atoms with Gasteiger partial charge in [-0.1, -0.05) is 49.9 Å². The molecule has 0 heterocycles. The molecule has 2 aliphatic rings. The van der Waals surface area contributed by atoms with Crippen LogP contribution in [0, 0.1) is 25.7 Å². The summed E-state index contributed by atoms with van der Waals surface area (Å²) in [7, 11) is 0. The molecule has 2 atom stereocenters. The third-order valence-electron chi connectivity index (χ3n) is 8.26. The first kappa shape index (κ1) is 23.2. The van der Waals surface area contributed by atoms with E-state index < -0.39 is 0 Å². The first-order valence-electron chi connectivity index (χ1n) is 13.2. The van der Waals surface area contributed by atoms with E-state index in [0.717, 1.165) is 24.7 Å². The highest BCUT2D eigenvalue weighted by atomic mass is 14.9. The highest BCUT2D eigenvalue weighted by Crippen LogP contribution is 2.31. The van der Waals surface area contributed by atoms with E-state index in [1.54, 1.807) is 0 Å². The second-order valence-corrected chi connectivity index (χ2v) is 10.8. The Morgan fingerprint density at radius 3 is 1.38 bits per heavy atom. The fraction of sp³-hybridized carbons (Fsp3) is 0.600. The third-order valence-corrected chi connectivity index (χ3v) is 8.26. The summed E-state index contributed by atoms with van der Waals surface area (Å²) >= 11 is 0. The Balaban J connectivity index is 1.31. The van der Waals surface area contributed by atoms with Gasteiger partial charge in [0.2, 0.25) is 0 Å². The minimum absolute atomic E-state index is 0.577. The van der Waals surface area contributed by atoms with Gasteiger partial charge in [0, 0.05) is 23.5 Å². The van der Waals surface area contributed by atoms with Crippen molar-refractivity contribution >= 4 is 11.4 Å². The van der Waals surface area contributed by atoms with Crippen LogP contribution in [0.3, 0.4) is 0 Å². The van der Waals surface area contributed by atoms with Crippen LogP contribution in [0.5, 0.6) is 0 Å². The van der Waals surface area contributed by atoms with Gasteiger partial charge in [-0.2, -0.15) is 0 Å². The fourth-order valence-electron chi connectivity index (χ4n) is 6.02. The molecule has 2 heteroatoms. The minimum Gasteiger partial charge on any atom is -0.382 e. The smallest absolute Gasteiger partial charge is 0.0372 e. The summed E-state index contributed by atoms with van der Waals surface area (Å²) in [5.41, 5.74) is 8.27. The zero-order valence-electron chi connectivity index (χ0n) is 20.8. The molecule has 2 aromatic carbocycles. The van der Waals surface area contributed by atoms with Gasteiger partial charge in [0.25, 0.3) is 0 Å². The van der Waals surface area contributed by atoms with Gasteiger partial charge < -0.3 is 10.6 Å². The summed E-state index contributed by atoms with van der Waals surface area (Å²) in [5.74, 6) is 1.69. The van der Waals surface area contributed by atoms with Crippen molar-refractivity contribution in [3.63, 3.8) is 0 Å². The molecular weight excluding hydrogens is 388 g/mol. The quantitative estimate of drug-likeness (QED) is 0.418. The van der Waals surface area contributed by atoms with Crippen molar-refractivity contribution < 1.29 is 0 Å². The number of nitrogens with one attached hydrogen (secondary N) is 2. The maximum Gasteiger partial charge on any atom is 0.0372 e. The van der Waals surface area contributed by atoms with Gasteiger partial charge in [-0.05, 0) is 112 Å². The van der Waals surface area contributed by atoms with Crippen LogP contribution in [0.1, 0.15) is 87.5 Å². The Bertz CT molecular complexity index is 801. The zero-order valence-corrected chi connectivity index (χ0v) is 20.8. The molecule has 0 amide bonds. The lowest BCUT2D eigenvalue weighted by Gasteiger charge is -2.23. The van der Waals surface area contributed by atoms with Crippen molar-refractivity contribution in [2.24, 2.45) is 11.8 Å². The Hall–Kier alpha value is -1.96. The molecule has 2 fully saturated rings. The molecule has 2 unspecified atom stereocenters. The molecule has 32 heavy (non-hydrogen) atoms. The van der Waals surface area contributed by atoms with E-state index in [9.17, 15) is 0 Å². The standard InChI is InChI=1S/C30H44N2/c1-21-19-25(15-17-29(21)31-23(3)27-9-5-6-10-27)13-14-26-16-18-30(22(2)20-26)32-24(4)28-11-7-8-12-28/h15-20,23-24,27-28,31-32H,5-14H2,1-4H3. The molecule has 2 aliphatic carbocycles. The second kappa shape index (κ2) is 10.8. The fourth-order valence-corrected chi connectivity index (χ4v) is 6.02. The maximum absolute atomic E-state index is 3.80. The SMILES string of the molecule is Cc1cc(CCc2ccc(NC(C)C3CCCC3)c(C)c2)ccc1NC(C)C1CCCC1. The normalized spacial score (nSPS) is 19.2. The van der Waals surface area contributed by atoms with Crippen molar-refractivity contribution in [3.8, 4) is 0 Å². The van der Waals surface area contributed by atoms with Crippen molar-refractivity contribution in [2.75, 3.05) is 10.6 Å². The molecule has 4 rings (SSSR count). The van der Waals surface area contributed by atoms with Gasteiger partial charge in [0.15, 0.2) is 0 Å². The lowest BCUT2D eigenvalue weighted by atomic mass is 9.97. The molecule has 2 saturated carbocycles. The predicted molar refractivity (Wildman–Crippen MR) is 140 cm³/mol. The molecular formula is C30H44N2. The van der Waals surface area contributed by atoms with E-state index in [4.69, 9.17) is 0 Å². The van der Waals surface area contributed by atoms with E-state index >= 15 is 0 Å². The van der Waals surface area contributed by atoms with Gasteiger partial charge in [-0.15, -0.1) is 0 Å². The lowest BCUT2D eigenvalue weighted by Crippen LogP contribution is -2.24. The molecule has 174 valence electrons. The van der Waals surface area contributed by atoms with E-state index in [2.05, 4.69) is 74.7 Å². The van der Waals surface area contributed by atoms with Crippen molar-refractivity contribution in [3.05, 3.63) is 58.7 Å². The molecule has 0 saturated heterocycles. The van der Waals surface area contributed by atoms with Crippen molar-refractivity contribution in [1.82, 2.24) is 0 Å². The summed E-state index contributed by atoms with van der Waals surface area (Å²) < 4.78 is 0. The van der Waals surface area contributed by atoms with E-state index in [0.29, 0.717) is 12.1 Å². The van der Waals surface area contributed by atoms with Gasteiger partial charge in [-0.25, -0.2) is 0 Å². The zero-order chi connectivity index (χ0) is 22.5. The summed E-state index contributed by atoms with van der Waals surface area (Å²) in [4.78, 5) is 0. The van der Waals surface area contributed by atoms with Gasteiger partial charge >= 0.3 is 0 Å². The average molecular weight is 433 g/mol. The summed E-state index contributed by atoms with van der Waals surface area (Å²) in [6.07, 6.45) is 13.4. The van der Waals surface area contributed by atoms with Crippen molar-refractivity contribution in [2.45, 2.75) is 104 Å². The Labute approximate surface area is 196 Å². The lowest BCUT2D eigenvalue weighted by molar-refractivity contribution is 0.482. The first-order valence-corrected chi connectivity index (χ1v) is 13.2. The molecule has 2 nitrogen and oxygen atoms in total. The molecule has 2 N–H and O–H groups in total. The van der Waals surface area contributed by atoms with Crippen LogP contribution in [-0.2, 0) is 12.8 Å². The summed E-state index contributed by atoms with van der Waals surface area (Å²) in [6, 6.07) is 15.2. The number of hydrogen-bond donors (Lipinski definition) is 2. The van der Waals surface area contributed by atoms with Crippen LogP contribution < -0.4 is 10.6 Å². The first-order chi connectivity index (χ1) is 15.5. The topological polar surface area (TPSA) is 24.1 Å². The van der Waals surface area contributed by atoms with Crippen LogP contribution in [0.4, 0.5) is 11.4 Å². The molecule has 0 aromatic heterocycles. The Morgan fingerprint density at radius 1 is 0.656 bits per heavy atom. The summed E-state index contributed by atoms with van der Waals surface area (Å²) in [5, 5.41) is 7.59. The van der Waals surface area contributed by atoms with Crippen LogP contribution in [0.15, 0.2) is 36.4 Å². The molecule has 2 aromatic rings.